The molecule has 127 heavy (non-hydrogen) atoms. The first kappa shape index (κ1) is 128. The van der Waals surface area contributed by atoms with Gasteiger partial charge in [-0.2, -0.15) is 0 Å². The van der Waals surface area contributed by atoms with Gasteiger partial charge in [0, 0.05) is 23.0 Å². The molecule has 3 aliphatic rings. The van der Waals surface area contributed by atoms with Gasteiger partial charge in [0.25, 0.3) is 0 Å². The van der Waals surface area contributed by atoms with Crippen molar-refractivity contribution in [2.45, 2.75) is 231 Å². The van der Waals surface area contributed by atoms with Gasteiger partial charge in [-0.15, -0.1) is 174 Å². The lowest BCUT2D eigenvalue weighted by molar-refractivity contribution is -0.152. The molecule has 0 bridgehead atoms. The lowest BCUT2D eigenvalue weighted by Gasteiger charge is -2.41. The van der Waals surface area contributed by atoms with Crippen LogP contribution in [0.2, 0.25) is 36.3 Å². The monoisotopic (exact) mass is 2390 g/mol. The molecule has 0 amide bonds. The average Bonchev–Trinajstić information content (AvgIpc) is 1.65. The minimum atomic E-state index is -2.22. The zero-order chi connectivity index (χ0) is 95.9. The Balaban J connectivity index is 0.000000395. The molecule has 2 fully saturated rings. The van der Waals surface area contributed by atoms with E-state index in [1.54, 1.807) is 20.3 Å². The molecular formula is C78H149O14P33Si2. The SMILES string of the molecule is C=C[C@@H]1O[C@H](c2ccccc2)O[C@]1(C)CC[C@H](CC(=O)O[C@H](/C(C)=C/COCc1ccc(OC)cc1)[C@@H](C)C=C)O[Si](C)(C)C(C)(C)C.COc1ccc(COC/C=C(\C)[C@H]2OC(=O)C[C@H](O[Si](C)(C)C(C)(C)C)CC[C@@]3(C)O[C@@H](c4ccccc4)O[C@H]3/C=C/[C@@H]2C)cc1.PP(P)P(P)P(P(P)P)P(P(P)P)P(P)P.PPP(P(P)P)P(P(P)P)P(P(P)P)P(P)P. The highest BCUT2D eigenvalue weighted by atomic mass is 33.4. The molecule has 0 aliphatic carbocycles. The van der Waals surface area contributed by atoms with Crippen LogP contribution < -0.4 is 9.47 Å². The van der Waals surface area contributed by atoms with Crippen LogP contribution in [0.3, 0.4) is 0 Å². The molecule has 2 saturated heterocycles. The molecule has 0 saturated carbocycles. The Hall–Kier alpha value is 8.42. The van der Waals surface area contributed by atoms with E-state index < -0.39 is 52.6 Å². The highest BCUT2D eigenvalue weighted by molar-refractivity contribution is 9.32. The summed E-state index contributed by atoms with van der Waals surface area (Å²) in [6, 6.07) is 35.6. The molecule has 718 valence electrons. The van der Waals surface area contributed by atoms with Gasteiger partial charge in [0.05, 0.1) is 76.9 Å². The number of carbonyl (C=O) groups is 2. The van der Waals surface area contributed by atoms with Crippen LogP contribution in [0.5, 0.6) is 11.5 Å². The molecule has 14 nitrogen and oxygen atoms in total. The van der Waals surface area contributed by atoms with Gasteiger partial charge in [-0.3, -0.25) is 9.59 Å². The Morgan fingerprint density at radius 3 is 1.50 bits per heavy atom. The Labute approximate surface area is 827 Å². The van der Waals surface area contributed by atoms with E-state index in [2.05, 4.69) is 275 Å². The Bertz CT molecular complexity index is 3970. The number of cyclic esters (lactones) is 1. The molecule has 0 spiro atoms. The molecule has 35 atom stereocenters. The van der Waals surface area contributed by atoms with E-state index in [1.165, 1.54) is 0 Å². The second-order valence-electron chi connectivity index (χ2n) is 33.8. The first-order valence-electron chi connectivity index (χ1n) is 40.8. The van der Waals surface area contributed by atoms with Crippen LogP contribution in [0, 0.1) is 11.8 Å². The molecule has 3 aliphatic heterocycles. The largest absolute Gasteiger partial charge is 0.497 e. The number of ether oxygens (including phenoxy) is 10. The second-order valence-corrected chi connectivity index (χ2v) is 169. The van der Waals surface area contributed by atoms with E-state index in [0.29, 0.717) is 52.1 Å². The van der Waals surface area contributed by atoms with Gasteiger partial charge in [0.15, 0.2) is 29.2 Å². The Morgan fingerprint density at radius 1 is 0.614 bits per heavy atom. The summed E-state index contributed by atoms with van der Waals surface area (Å²) >= 11 is 0. The van der Waals surface area contributed by atoms with Gasteiger partial charge in [-0.1, -0.05) is 185 Å². The van der Waals surface area contributed by atoms with Crippen molar-refractivity contribution in [2.75, 3.05) is 27.4 Å². The predicted octanol–water partition coefficient (Wildman–Crippen LogP) is 36.7. The normalized spacial score (nSPS) is 23.2. The molecule has 0 aromatic heterocycles. The maximum atomic E-state index is 13.7. The zero-order valence-electron chi connectivity index (χ0n) is 77.0. The molecule has 4 aromatic rings. The molecule has 23 unspecified atom stereocenters. The van der Waals surface area contributed by atoms with Crippen LogP contribution in [-0.4, -0.2) is 104 Å². The van der Waals surface area contributed by atoms with Crippen molar-refractivity contribution >= 4 is 295 Å². The van der Waals surface area contributed by atoms with Crippen LogP contribution in [0.25, 0.3) is 0 Å². The van der Waals surface area contributed by atoms with Crippen LogP contribution in [-0.2, 0) is 69.5 Å². The first-order chi connectivity index (χ1) is 59.3. The van der Waals surface area contributed by atoms with Gasteiger partial charge in [0.1, 0.15) is 35.9 Å². The fourth-order valence-electron chi connectivity index (χ4n) is 12.5. The summed E-state index contributed by atoms with van der Waals surface area (Å²) in [5.74, 6) is 0.868. The number of methoxy groups -OCH3 is 2. The highest BCUT2D eigenvalue weighted by Crippen LogP contribution is 3.26. The summed E-state index contributed by atoms with van der Waals surface area (Å²) in [6.07, 6.45) is 11.6. The van der Waals surface area contributed by atoms with E-state index in [-0.39, 0.29) is 169 Å². The Morgan fingerprint density at radius 2 is 1.08 bits per heavy atom. The van der Waals surface area contributed by atoms with Crippen molar-refractivity contribution in [3.05, 3.63) is 192 Å². The highest BCUT2D eigenvalue weighted by Gasteiger charge is 2.50. The summed E-state index contributed by atoms with van der Waals surface area (Å²) in [5, 5.41) is -0.0253. The van der Waals surface area contributed by atoms with Crippen molar-refractivity contribution in [1.82, 2.24) is 0 Å². The average molecular weight is 2390 g/mol. The summed E-state index contributed by atoms with van der Waals surface area (Å²) in [7, 11) is 55.7. The molecule has 4 aromatic carbocycles. The van der Waals surface area contributed by atoms with Gasteiger partial charge in [-0.05, 0) is 234 Å². The Kier molecular flexibility index (Phi) is 64.3. The number of carbonyl (C=O) groups excluding carboxylic acids is 2. The summed E-state index contributed by atoms with van der Waals surface area (Å²) < 4.78 is 74.5. The number of hydrogen-bond donors (Lipinski definition) is 0. The molecule has 49 heteroatoms. The maximum Gasteiger partial charge on any atom is 0.308 e. The lowest BCUT2D eigenvalue weighted by Crippen LogP contribution is -2.45. The summed E-state index contributed by atoms with van der Waals surface area (Å²) in [4.78, 5) is 27.2. The van der Waals surface area contributed by atoms with Crippen LogP contribution >= 0.6 is 266 Å². The van der Waals surface area contributed by atoms with Crippen molar-refractivity contribution in [3.8, 4) is 11.5 Å². The van der Waals surface area contributed by atoms with Crippen LogP contribution in [0.1, 0.15) is 156 Å². The van der Waals surface area contributed by atoms with E-state index in [1.807, 2.05) is 148 Å². The first-order valence-corrected chi connectivity index (χ1v) is 105. The van der Waals surface area contributed by atoms with Gasteiger partial charge < -0.3 is 56.2 Å². The van der Waals surface area contributed by atoms with E-state index >= 15 is 0 Å². The zero-order valence-corrected chi connectivity index (χ0v) is 113. The molecule has 3 heterocycles. The quantitative estimate of drug-likeness (QED) is 0.0137. The fourth-order valence-corrected chi connectivity index (χ4v) is 368. The predicted molar refractivity (Wildman–Crippen MR) is 659 cm³/mol. The number of rotatable bonds is 40. The topological polar surface area (TPSA) is 145 Å². The number of hydrogen-bond acceptors (Lipinski definition) is 14. The third-order valence-electron chi connectivity index (χ3n) is 21.8. The van der Waals surface area contributed by atoms with Gasteiger partial charge in [-0.25, -0.2) is 0 Å². The maximum absolute atomic E-state index is 13.7. The van der Waals surface area contributed by atoms with Gasteiger partial charge >= 0.3 is 11.9 Å². The standard InChI is InChI=1S/C40H58O7Si.C38H54O7Si.H19P17.H18P16/c1-12-29(3)37(30(4)24-26-43-28-31-19-21-33(42-9)22-20-31)45-36(41)27-34(47-48(10,11)39(5,6)7)23-25-40(8)35(13-2)44-38(46-40)32-17-15-14-16-18-32;1-27-15-20-33-38(6,44-36(42-33)30-13-11-10-12-14-30)23-21-32(45-46(8,9)37(3,4)5)25-34(39)43-35(27)28(2)22-24-41-26-29-16-18-31(40-7)19-17-29;1-10-15(11(2)3)17(14(8)9)16(12(4)5)13(6)7;1-10(2)14(9)16(13(7)8)15(11(3)4)12(5)6/h12-22,24,29,34-35,37-38H,1-2,23,25-28H2,3-11H3;10-20,22,27,32-33,35-36H,21,23-26H2,1-9H3;10H,1-9H2;1-9H2/b30-24+;20-15+,28-22+;;/t29-,34+,35-,37-,38-,40+;27-,32+,33-,35-,36-,38+;;/m00../s1. The smallest absolute Gasteiger partial charge is 0.308 e. The minimum absolute atomic E-state index is 0.00331. The van der Waals surface area contributed by atoms with Crippen molar-refractivity contribution in [2.24, 2.45) is 11.8 Å². The summed E-state index contributed by atoms with van der Waals surface area (Å²) in [6.45, 7) is 45.7. The van der Waals surface area contributed by atoms with Crippen LogP contribution in [0.4, 0.5) is 0 Å². The fraction of sp³-hybridized carbons (Fsp3) is 0.538. The minimum Gasteiger partial charge on any atom is -0.497 e. The lowest BCUT2D eigenvalue weighted by atomic mass is 9.89. The van der Waals surface area contributed by atoms with Gasteiger partial charge in [0.2, 0.25) is 0 Å². The molecule has 0 N–H and O–H groups in total. The van der Waals surface area contributed by atoms with Crippen LogP contribution in [0.15, 0.2) is 170 Å². The number of esters is 2. The third-order valence-corrected chi connectivity index (χ3v) is 230. The van der Waals surface area contributed by atoms with E-state index in [9.17, 15) is 9.59 Å². The second kappa shape index (κ2) is 64.0. The molecular weight excluding hydrogens is 2240 g/mol. The van der Waals surface area contributed by atoms with Crippen molar-refractivity contribution < 1.29 is 65.8 Å². The molecule has 7 rings (SSSR count). The number of fused-ring (bicyclic) bond motifs is 1. The van der Waals surface area contributed by atoms with Crippen molar-refractivity contribution in [3.63, 3.8) is 0 Å². The number of benzene rings is 4. The third kappa shape index (κ3) is 44.0. The molecule has 0 radical (unpaired) electrons. The van der Waals surface area contributed by atoms with Crippen molar-refractivity contribution in [1.29, 1.82) is 0 Å². The summed E-state index contributed by atoms with van der Waals surface area (Å²) in [5.41, 5.74) is 4.68. The van der Waals surface area contributed by atoms with E-state index in [0.717, 1.165) is 52.9 Å². The van der Waals surface area contributed by atoms with E-state index in [4.69, 9.17) is 56.2 Å².